The number of aromatic nitrogens is 1. The first-order chi connectivity index (χ1) is 8.68. The predicted octanol–water partition coefficient (Wildman–Crippen LogP) is 2.60. The Bertz CT molecular complexity index is 572. The number of benzene rings is 1. The van der Waals surface area contributed by atoms with Crippen molar-refractivity contribution in [2.75, 3.05) is 0 Å². The van der Waals surface area contributed by atoms with Crippen molar-refractivity contribution in [2.45, 2.75) is 6.61 Å². The summed E-state index contributed by atoms with van der Waals surface area (Å²) in [6.45, 7) is 0.311. The van der Waals surface area contributed by atoms with E-state index in [1.165, 1.54) is 0 Å². The van der Waals surface area contributed by atoms with Gasteiger partial charge in [-0.05, 0) is 18.2 Å². The van der Waals surface area contributed by atoms with Crippen LogP contribution in [-0.2, 0) is 6.61 Å². The summed E-state index contributed by atoms with van der Waals surface area (Å²) in [6, 6.07) is 10.9. The smallest absolute Gasteiger partial charge is 0.149 e. The Morgan fingerprint density at radius 1 is 1.28 bits per heavy atom. The lowest BCUT2D eigenvalue weighted by Gasteiger charge is -2.10. The largest absolute Gasteiger partial charge is 0.486 e. The van der Waals surface area contributed by atoms with E-state index in [2.05, 4.69) is 4.98 Å². The molecule has 0 unspecified atom stereocenters. The summed E-state index contributed by atoms with van der Waals surface area (Å²) in [5.74, 6) is 0.356. The number of nitrogens with two attached hydrogens (primary N) is 1. The van der Waals surface area contributed by atoms with Crippen LogP contribution in [0.5, 0.6) is 5.75 Å². The van der Waals surface area contributed by atoms with E-state index >= 15 is 0 Å². The van der Waals surface area contributed by atoms with E-state index in [1.807, 2.05) is 18.2 Å². The van der Waals surface area contributed by atoms with Gasteiger partial charge in [0.25, 0.3) is 0 Å². The van der Waals surface area contributed by atoms with Gasteiger partial charge in [-0.1, -0.05) is 29.8 Å². The third-order valence-electron chi connectivity index (χ3n) is 2.37. The number of ether oxygens (including phenoxy) is 1. The minimum Gasteiger partial charge on any atom is -0.486 e. The van der Waals surface area contributed by atoms with Crippen LogP contribution in [0.3, 0.4) is 0 Å². The highest BCUT2D eigenvalue weighted by Gasteiger charge is 2.08. The molecule has 0 bridgehead atoms. The average molecular weight is 262 g/mol. The molecule has 3 N–H and O–H groups in total. The van der Waals surface area contributed by atoms with Crippen molar-refractivity contribution in [1.29, 1.82) is 5.41 Å². The van der Waals surface area contributed by atoms with E-state index < -0.39 is 0 Å². The topological polar surface area (TPSA) is 72.0 Å². The van der Waals surface area contributed by atoms with Crippen molar-refractivity contribution in [3.63, 3.8) is 0 Å². The molecule has 0 radical (unpaired) electrons. The lowest BCUT2D eigenvalue weighted by molar-refractivity contribution is 0.304. The van der Waals surface area contributed by atoms with E-state index in [1.54, 1.807) is 24.4 Å². The van der Waals surface area contributed by atoms with Gasteiger partial charge in [-0.2, -0.15) is 0 Å². The fraction of sp³-hybridized carbons (Fsp3) is 0.0769. The van der Waals surface area contributed by atoms with Crippen LogP contribution in [-0.4, -0.2) is 10.8 Å². The van der Waals surface area contributed by atoms with Gasteiger partial charge < -0.3 is 10.5 Å². The third kappa shape index (κ3) is 2.78. The number of nitrogens with zero attached hydrogens (tertiary/aromatic N) is 1. The van der Waals surface area contributed by atoms with Crippen LogP contribution in [0.25, 0.3) is 0 Å². The summed E-state index contributed by atoms with van der Waals surface area (Å²) < 4.78 is 5.60. The molecule has 0 spiro atoms. The molecule has 0 aliphatic rings. The molecule has 0 aliphatic carbocycles. The summed E-state index contributed by atoms with van der Waals surface area (Å²) in [4.78, 5) is 4.01. The fourth-order valence-corrected chi connectivity index (χ4v) is 1.67. The zero-order valence-electron chi connectivity index (χ0n) is 9.56. The Labute approximate surface area is 110 Å². The first kappa shape index (κ1) is 12.4. The highest BCUT2D eigenvalue weighted by Crippen LogP contribution is 2.20. The highest BCUT2D eigenvalue weighted by molar-refractivity contribution is 6.31. The SMILES string of the molecule is N=C(N)c1ncccc1OCc1ccccc1Cl. The number of amidine groups is 1. The second kappa shape index (κ2) is 5.51. The first-order valence-corrected chi connectivity index (χ1v) is 5.72. The molecule has 0 amide bonds. The zero-order chi connectivity index (χ0) is 13.0. The lowest BCUT2D eigenvalue weighted by Crippen LogP contribution is -2.15. The molecule has 92 valence electrons. The van der Waals surface area contributed by atoms with E-state index in [0.717, 1.165) is 5.56 Å². The first-order valence-electron chi connectivity index (χ1n) is 5.34. The molecule has 0 fully saturated rings. The second-order valence-electron chi connectivity index (χ2n) is 3.64. The summed E-state index contributed by atoms with van der Waals surface area (Å²) >= 11 is 6.03. The van der Waals surface area contributed by atoms with E-state index in [-0.39, 0.29) is 5.84 Å². The van der Waals surface area contributed by atoms with Crippen molar-refractivity contribution in [1.82, 2.24) is 4.98 Å². The summed E-state index contributed by atoms with van der Waals surface area (Å²) in [5.41, 5.74) is 6.64. The van der Waals surface area contributed by atoms with Gasteiger partial charge in [0.2, 0.25) is 0 Å². The van der Waals surface area contributed by atoms with Gasteiger partial charge >= 0.3 is 0 Å². The molecule has 0 aliphatic heterocycles. The molecular formula is C13H12ClN3O. The number of hydrogen-bond donors (Lipinski definition) is 2. The number of hydrogen-bond acceptors (Lipinski definition) is 3. The molecule has 0 atom stereocenters. The predicted molar refractivity (Wildman–Crippen MR) is 71.0 cm³/mol. The highest BCUT2D eigenvalue weighted by atomic mass is 35.5. The lowest BCUT2D eigenvalue weighted by atomic mass is 10.2. The third-order valence-corrected chi connectivity index (χ3v) is 2.74. The standard InChI is InChI=1S/C13H12ClN3O/c14-10-5-2-1-4-9(10)8-18-11-6-3-7-17-12(11)13(15)16/h1-7H,8H2,(H3,15,16). The normalized spacial score (nSPS) is 10.1. The Hall–Kier alpha value is -2.07. The summed E-state index contributed by atoms with van der Waals surface area (Å²) in [6.07, 6.45) is 1.57. The quantitative estimate of drug-likeness (QED) is 0.656. The number of pyridine rings is 1. The van der Waals surface area contributed by atoms with Crippen molar-refractivity contribution < 1.29 is 4.74 Å². The molecule has 4 nitrogen and oxygen atoms in total. The fourth-order valence-electron chi connectivity index (χ4n) is 1.48. The maximum Gasteiger partial charge on any atom is 0.149 e. The summed E-state index contributed by atoms with van der Waals surface area (Å²) in [7, 11) is 0. The van der Waals surface area contributed by atoms with Crippen molar-refractivity contribution in [2.24, 2.45) is 5.73 Å². The number of nitrogens with one attached hydrogen (secondary N) is 1. The molecule has 1 heterocycles. The number of halogens is 1. The van der Waals surface area contributed by atoms with E-state index in [4.69, 9.17) is 27.5 Å². The molecule has 0 saturated heterocycles. The summed E-state index contributed by atoms with van der Waals surface area (Å²) in [5, 5.41) is 8.05. The van der Waals surface area contributed by atoms with Crippen LogP contribution in [0.4, 0.5) is 0 Å². The molecule has 2 rings (SSSR count). The molecule has 5 heteroatoms. The van der Waals surface area contributed by atoms with Gasteiger partial charge in [0.15, 0.2) is 0 Å². The Morgan fingerprint density at radius 2 is 2.06 bits per heavy atom. The van der Waals surface area contributed by atoms with Gasteiger partial charge in [-0.25, -0.2) is 4.98 Å². The Balaban J connectivity index is 2.16. The molecule has 1 aromatic carbocycles. The van der Waals surface area contributed by atoms with Crippen LogP contribution in [0.15, 0.2) is 42.6 Å². The van der Waals surface area contributed by atoms with Crippen molar-refractivity contribution in [3.8, 4) is 5.75 Å². The van der Waals surface area contributed by atoms with Gasteiger partial charge in [0, 0.05) is 16.8 Å². The molecule has 2 aromatic rings. The Morgan fingerprint density at radius 3 is 2.78 bits per heavy atom. The number of rotatable bonds is 4. The van der Waals surface area contributed by atoms with E-state index in [0.29, 0.717) is 23.1 Å². The van der Waals surface area contributed by atoms with Crippen LogP contribution >= 0.6 is 11.6 Å². The van der Waals surface area contributed by atoms with Crippen LogP contribution in [0.2, 0.25) is 5.02 Å². The average Bonchev–Trinajstić information content (AvgIpc) is 2.38. The van der Waals surface area contributed by atoms with Gasteiger partial charge in [0.05, 0.1) is 0 Å². The minimum absolute atomic E-state index is 0.121. The molecule has 1 aromatic heterocycles. The molecule has 0 saturated carbocycles. The van der Waals surface area contributed by atoms with Crippen molar-refractivity contribution >= 4 is 17.4 Å². The monoisotopic (exact) mass is 261 g/mol. The maximum absolute atomic E-state index is 7.41. The van der Waals surface area contributed by atoms with Crippen LogP contribution in [0.1, 0.15) is 11.3 Å². The zero-order valence-corrected chi connectivity index (χ0v) is 10.3. The van der Waals surface area contributed by atoms with Gasteiger partial charge in [-0.15, -0.1) is 0 Å². The second-order valence-corrected chi connectivity index (χ2v) is 4.05. The van der Waals surface area contributed by atoms with Crippen molar-refractivity contribution in [3.05, 3.63) is 58.9 Å². The maximum atomic E-state index is 7.41. The number of nitrogen functional groups attached to an aromatic ring is 1. The molecule has 18 heavy (non-hydrogen) atoms. The van der Waals surface area contributed by atoms with Crippen LogP contribution in [0, 0.1) is 5.41 Å². The van der Waals surface area contributed by atoms with Gasteiger partial charge in [0.1, 0.15) is 23.9 Å². The molecular weight excluding hydrogens is 250 g/mol. The Kier molecular flexibility index (Phi) is 3.79. The van der Waals surface area contributed by atoms with Crippen LogP contribution < -0.4 is 10.5 Å². The minimum atomic E-state index is -0.121. The van der Waals surface area contributed by atoms with E-state index in [9.17, 15) is 0 Å². The van der Waals surface area contributed by atoms with Gasteiger partial charge in [-0.3, -0.25) is 5.41 Å².